The molecule has 0 aliphatic rings. The Morgan fingerprint density at radius 1 is 0.481 bits per heavy atom. The van der Waals surface area contributed by atoms with E-state index in [1.807, 2.05) is 0 Å². The van der Waals surface area contributed by atoms with Crippen molar-refractivity contribution in [2.45, 2.75) is 227 Å². The molecule has 54 heavy (non-hydrogen) atoms. The zero-order valence-electron chi connectivity index (χ0n) is 36.8. The van der Waals surface area contributed by atoms with E-state index in [-0.39, 0.29) is 18.5 Å². The maximum absolute atomic E-state index is 12.6. The largest absolute Gasteiger partial charge is 0.465 e. The summed E-state index contributed by atoms with van der Waals surface area (Å²) in [6.45, 7) is 15.5. The minimum absolute atomic E-state index is 0.0209. The van der Waals surface area contributed by atoms with Gasteiger partial charge in [0.15, 0.2) is 0 Å². The smallest absolute Gasteiger partial charge is 0.305 e. The van der Waals surface area contributed by atoms with E-state index in [0.717, 1.165) is 96.9 Å². The molecule has 0 bridgehead atoms. The first-order valence-electron chi connectivity index (χ1n) is 23.9. The van der Waals surface area contributed by atoms with Crippen molar-refractivity contribution in [1.29, 1.82) is 0 Å². The van der Waals surface area contributed by atoms with E-state index in [9.17, 15) is 14.7 Å². The van der Waals surface area contributed by atoms with Crippen molar-refractivity contribution >= 4 is 11.9 Å². The highest BCUT2D eigenvalue weighted by Gasteiger charge is 2.14. The lowest BCUT2D eigenvalue weighted by atomic mass is 9.95. The van der Waals surface area contributed by atoms with Crippen molar-refractivity contribution in [3.63, 3.8) is 0 Å². The van der Waals surface area contributed by atoms with Crippen molar-refractivity contribution < 1.29 is 24.2 Å². The number of carbonyl (C=O) groups excluding carboxylic acids is 2. The van der Waals surface area contributed by atoms with E-state index in [1.54, 1.807) is 0 Å². The molecule has 2 atom stereocenters. The molecule has 7 nitrogen and oxygen atoms in total. The van der Waals surface area contributed by atoms with Crippen LogP contribution in [0.25, 0.3) is 0 Å². The van der Waals surface area contributed by atoms with Crippen molar-refractivity contribution in [3.05, 3.63) is 0 Å². The number of aliphatic hydroxyl groups is 1. The molecule has 0 aromatic heterocycles. The van der Waals surface area contributed by atoms with E-state index in [0.29, 0.717) is 37.9 Å². The first-order chi connectivity index (χ1) is 26.5. The number of hydrogen-bond acceptors (Lipinski definition) is 7. The topological polar surface area (TPSA) is 88.1 Å². The van der Waals surface area contributed by atoms with Crippen molar-refractivity contribution in [3.8, 4) is 0 Å². The third kappa shape index (κ3) is 37.7. The number of nitrogens with one attached hydrogen (secondary N) is 1. The molecular formula is C47H94N2O5. The van der Waals surface area contributed by atoms with Gasteiger partial charge in [0.25, 0.3) is 0 Å². The normalized spacial score (nSPS) is 12.7. The van der Waals surface area contributed by atoms with Gasteiger partial charge in [-0.25, -0.2) is 0 Å². The highest BCUT2D eigenvalue weighted by atomic mass is 16.5. The molecule has 0 aromatic carbocycles. The Kier molecular flexibility index (Phi) is 42.0. The van der Waals surface area contributed by atoms with Gasteiger partial charge >= 0.3 is 11.9 Å². The number of hydrogen-bond donors (Lipinski definition) is 2. The molecule has 0 fully saturated rings. The van der Waals surface area contributed by atoms with Crippen LogP contribution in [0, 0.1) is 11.8 Å². The zero-order valence-corrected chi connectivity index (χ0v) is 36.8. The summed E-state index contributed by atoms with van der Waals surface area (Å²) in [5.41, 5.74) is 0. The number of esters is 2. The average molecular weight is 767 g/mol. The van der Waals surface area contributed by atoms with Gasteiger partial charge in [0.2, 0.25) is 0 Å². The lowest BCUT2D eigenvalue weighted by Gasteiger charge is -2.22. The first kappa shape index (κ1) is 52.8. The van der Waals surface area contributed by atoms with Crippen LogP contribution >= 0.6 is 0 Å². The molecule has 0 saturated carbocycles. The van der Waals surface area contributed by atoms with Gasteiger partial charge in [-0.15, -0.1) is 0 Å². The highest BCUT2D eigenvalue weighted by Crippen LogP contribution is 2.21. The van der Waals surface area contributed by atoms with E-state index in [4.69, 9.17) is 9.47 Å². The lowest BCUT2D eigenvalue weighted by Crippen LogP contribution is -2.27. The number of aliphatic hydroxyl groups excluding tert-OH is 1. The van der Waals surface area contributed by atoms with Crippen molar-refractivity contribution in [2.75, 3.05) is 52.5 Å². The summed E-state index contributed by atoms with van der Waals surface area (Å²) in [4.78, 5) is 27.7. The summed E-state index contributed by atoms with van der Waals surface area (Å²) in [5, 5.41) is 12.7. The summed E-state index contributed by atoms with van der Waals surface area (Å²) in [7, 11) is 0. The van der Waals surface area contributed by atoms with Gasteiger partial charge in [-0.3, -0.25) is 9.59 Å². The minimum atomic E-state index is -0.0340. The number of unbranched alkanes of at least 4 members (excludes halogenated alkanes) is 18. The third-order valence-corrected chi connectivity index (χ3v) is 11.2. The maximum Gasteiger partial charge on any atom is 0.305 e. The molecule has 0 saturated heterocycles. The molecule has 0 aliphatic carbocycles. The molecule has 0 heterocycles. The summed E-state index contributed by atoms with van der Waals surface area (Å²) >= 11 is 0. The monoisotopic (exact) mass is 767 g/mol. The number of nitrogens with zero attached hydrogens (tertiary/aromatic N) is 1. The van der Waals surface area contributed by atoms with Gasteiger partial charge in [0.1, 0.15) is 0 Å². The van der Waals surface area contributed by atoms with Gasteiger partial charge in [-0.05, 0) is 115 Å². The number of rotatable bonds is 44. The van der Waals surface area contributed by atoms with Gasteiger partial charge in [-0.1, -0.05) is 143 Å². The predicted octanol–water partition coefficient (Wildman–Crippen LogP) is 12.4. The molecule has 0 amide bonds. The van der Waals surface area contributed by atoms with Crippen LogP contribution in [0.2, 0.25) is 0 Å². The molecule has 0 spiro atoms. The van der Waals surface area contributed by atoms with Crippen LogP contribution in [-0.4, -0.2) is 74.5 Å². The van der Waals surface area contributed by atoms with Gasteiger partial charge in [-0.2, -0.15) is 0 Å². The van der Waals surface area contributed by atoms with Crippen molar-refractivity contribution in [2.24, 2.45) is 11.8 Å². The Labute approximate surface area is 336 Å². The van der Waals surface area contributed by atoms with Crippen LogP contribution in [0.15, 0.2) is 0 Å². The van der Waals surface area contributed by atoms with Crippen LogP contribution in [0.5, 0.6) is 0 Å². The summed E-state index contributed by atoms with van der Waals surface area (Å²) in [6.07, 6.45) is 35.5. The summed E-state index contributed by atoms with van der Waals surface area (Å²) < 4.78 is 11.6. The van der Waals surface area contributed by atoms with Crippen LogP contribution < -0.4 is 5.32 Å². The fourth-order valence-corrected chi connectivity index (χ4v) is 7.51. The maximum atomic E-state index is 12.6. The third-order valence-electron chi connectivity index (χ3n) is 11.2. The quantitative estimate of drug-likeness (QED) is 0.0471. The molecule has 0 aromatic rings. The van der Waals surface area contributed by atoms with Crippen LogP contribution in [0.3, 0.4) is 0 Å². The van der Waals surface area contributed by atoms with Crippen LogP contribution in [0.1, 0.15) is 227 Å². The molecular weight excluding hydrogens is 673 g/mol. The number of ether oxygens (including phenoxy) is 2. The zero-order chi connectivity index (χ0) is 39.6. The van der Waals surface area contributed by atoms with E-state index < -0.39 is 0 Å². The standard InChI is InChI=1S/C47H94N2O5/c1-5-9-12-15-17-22-32-44(31-21-14-11-7-3)42-53-46(51)35-24-19-26-38-49(40-28-29-41-50)39-27-20-25-36-47(52)54-43-45(34-30-37-48-8-4)33-23-18-16-13-10-6-2/h44-45,48,50H,5-43H2,1-4H3. The molecule has 0 radical (unpaired) electrons. The molecule has 0 rings (SSSR count). The van der Waals surface area contributed by atoms with Crippen molar-refractivity contribution in [1.82, 2.24) is 10.2 Å². The fourth-order valence-electron chi connectivity index (χ4n) is 7.51. The van der Waals surface area contributed by atoms with Crippen LogP contribution in [0.4, 0.5) is 0 Å². The summed E-state index contributed by atoms with van der Waals surface area (Å²) in [6, 6.07) is 0. The minimum Gasteiger partial charge on any atom is -0.465 e. The second kappa shape index (κ2) is 43.0. The Balaban J connectivity index is 4.39. The molecule has 7 heteroatoms. The lowest BCUT2D eigenvalue weighted by molar-refractivity contribution is -0.146. The second-order valence-corrected chi connectivity index (χ2v) is 16.4. The highest BCUT2D eigenvalue weighted by molar-refractivity contribution is 5.69. The predicted molar refractivity (Wildman–Crippen MR) is 231 cm³/mol. The van der Waals surface area contributed by atoms with Gasteiger partial charge in [0.05, 0.1) is 13.2 Å². The first-order valence-corrected chi connectivity index (χ1v) is 23.9. The van der Waals surface area contributed by atoms with E-state index in [2.05, 4.69) is 37.9 Å². The molecule has 2 unspecified atom stereocenters. The van der Waals surface area contributed by atoms with Gasteiger partial charge in [0, 0.05) is 19.4 Å². The Morgan fingerprint density at radius 3 is 1.28 bits per heavy atom. The molecule has 2 N–H and O–H groups in total. The Morgan fingerprint density at radius 2 is 0.852 bits per heavy atom. The Hall–Kier alpha value is -1.18. The molecule has 322 valence electrons. The Bertz CT molecular complexity index is 723. The SMILES string of the molecule is CCCCCCCCC(CCCCCC)COC(=O)CCCCCN(CCCCO)CCCCCC(=O)OCC(CCCCCCCC)CCCNCC. The van der Waals surface area contributed by atoms with E-state index >= 15 is 0 Å². The summed E-state index contributed by atoms with van der Waals surface area (Å²) in [5.74, 6) is 0.944. The fraction of sp³-hybridized carbons (Fsp3) is 0.957. The molecule has 0 aliphatic heterocycles. The second-order valence-electron chi connectivity index (χ2n) is 16.4. The van der Waals surface area contributed by atoms with Crippen LogP contribution in [-0.2, 0) is 19.1 Å². The van der Waals surface area contributed by atoms with E-state index in [1.165, 1.54) is 122 Å². The van der Waals surface area contributed by atoms with Gasteiger partial charge < -0.3 is 24.8 Å². The number of carbonyl (C=O) groups is 2. The average Bonchev–Trinajstić information content (AvgIpc) is 3.17.